The van der Waals surface area contributed by atoms with E-state index in [0.717, 1.165) is 19.3 Å². The van der Waals surface area contributed by atoms with Crippen molar-refractivity contribution in [3.8, 4) is 0 Å². The molecule has 0 saturated carbocycles. The summed E-state index contributed by atoms with van der Waals surface area (Å²) in [4.78, 5) is 0.00993. The zero-order valence-electron chi connectivity index (χ0n) is 6.58. The van der Waals surface area contributed by atoms with Crippen molar-refractivity contribution < 1.29 is 0 Å². The summed E-state index contributed by atoms with van der Waals surface area (Å²) in [6, 6.07) is 0. The molecule has 0 N–H and O–H groups in total. The second-order valence-corrected chi connectivity index (χ2v) is 3.58. The highest BCUT2D eigenvalue weighted by molar-refractivity contribution is 6.23. The Morgan fingerprint density at radius 1 is 1.44 bits per heavy atom. The molecular formula is C8H16Cl. The minimum atomic E-state index is 0.00993. The average Bonchev–Trinajstić information content (AvgIpc) is 1.84. The van der Waals surface area contributed by atoms with Crippen molar-refractivity contribution in [3.63, 3.8) is 0 Å². The molecule has 0 saturated heterocycles. The van der Waals surface area contributed by atoms with Gasteiger partial charge in [0.25, 0.3) is 0 Å². The molecule has 0 rings (SSSR count). The van der Waals surface area contributed by atoms with Gasteiger partial charge in [-0.3, -0.25) is 0 Å². The molecule has 1 heteroatoms. The molecule has 0 heterocycles. The molecule has 0 aliphatic carbocycles. The van der Waals surface area contributed by atoms with Gasteiger partial charge in [0, 0.05) is 4.87 Å². The normalized spacial score (nSPS) is 17.3. The van der Waals surface area contributed by atoms with E-state index in [-0.39, 0.29) is 4.87 Å². The van der Waals surface area contributed by atoms with Crippen molar-refractivity contribution in [2.45, 2.75) is 44.9 Å². The van der Waals surface area contributed by atoms with Gasteiger partial charge in [0.1, 0.15) is 0 Å². The van der Waals surface area contributed by atoms with E-state index >= 15 is 0 Å². The van der Waals surface area contributed by atoms with Crippen LogP contribution in [-0.2, 0) is 0 Å². The van der Waals surface area contributed by atoms with E-state index in [1.807, 2.05) is 0 Å². The first-order valence-electron chi connectivity index (χ1n) is 3.63. The number of alkyl halides is 1. The Morgan fingerprint density at radius 2 is 2.00 bits per heavy atom. The summed E-state index contributed by atoms with van der Waals surface area (Å²) in [5.41, 5.74) is 0. The lowest BCUT2D eigenvalue weighted by molar-refractivity contribution is 0.588. The van der Waals surface area contributed by atoms with Crippen LogP contribution in [0.15, 0.2) is 0 Å². The van der Waals surface area contributed by atoms with Crippen molar-refractivity contribution >= 4 is 11.6 Å². The second-order valence-electron chi connectivity index (χ2n) is 2.67. The van der Waals surface area contributed by atoms with Gasteiger partial charge in [-0.15, -0.1) is 11.6 Å². The molecule has 0 bridgehead atoms. The highest BCUT2D eigenvalue weighted by Crippen LogP contribution is 2.24. The van der Waals surface area contributed by atoms with Gasteiger partial charge in [-0.1, -0.05) is 20.3 Å². The predicted octanol–water partition coefficient (Wildman–Crippen LogP) is 3.40. The van der Waals surface area contributed by atoms with E-state index in [9.17, 15) is 0 Å². The van der Waals surface area contributed by atoms with Crippen LogP contribution in [0.25, 0.3) is 0 Å². The van der Waals surface area contributed by atoms with E-state index in [0.29, 0.717) is 0 Å². The van der Waals surface area contributed by atoms with Gasteiger partial charge in [0.15, 0.2) is 0 Å². The number of hydrogen-bond donors (Lipinski definition) is 0. The minimum absolute atomic E-state index is 0.00993. The third-order valence-corrected chi connectivity index (χ3v) is 2.02. The lowest BCUT2D eigenvalue weighted by Crippen LogP contribution is -2.13. The first-order chi connectivity index (χ1) is 4.12. The number of hydrogen-bond acceptors (Lipinski definition) is 0. The van der Waals surface area contributed by atoms with E-state index in [1.54, 1.807) is 0 Å². The molecule has 9 heavy (non-hydrogen) atoms. The van der Waals surface area contributed by atoms with Crippen LogP contribution in [0.3, 0.4) is 0 Å². The van der Waals surface area contributed by atoms with Gasteiger partial charge < -0.3 is 0 Å². The molecule has 0 aromatic carbocycles. The Balaban J connectivity index is 3.33. The highest BCUT2D eigenvalue weighted by atomic mass is 35.5. The fourth-order valence-corrected chi connectivity index (χ4v) is 0.699. The Kier molecular flexibility index (Phi) is 4.29. The average molecular weight is 148 g/mol. The Bertz CT molecular complexity index is 67.0. The third-order valence-electron chi connectivity index (χ3n) is 1.60. The van der Waals surface area contributed by atoms with Crippen molar-refractivity contribution in [2.24, 2.45) is 0 Å². The third kappa shape index (κ3) is 4.77. The second kappa shape index (κ2) is 4.16. The number of halogens is 1. The van der Waals surface area contributed by atoms with E-state index < -0.39 is 0 Å². The molecule has 0 aromatic rings. The Hall–Kier alpha value is 0.290. The molecule has 0 aliphatic rings. The summed E-state index contributed by atoms with van der Waals surface area (Å²) in [5.74, 6) is 0. The van der Waals surface area contributed by atoms with Crippen LogP contribution in [0.1, 0.15) is 40.0 Å². The quantitative estimate of drug-likeness (QED) is 0.535. The van der Waals surface area contributed by atoms with Crippen LogP contribution in [0.5, 0.6) is 0 Å². The maximum Gasteiger partial charge on any atom is 0.0418 e. The van der Waals surface area contributed by atoms with Crippen LogP contribution in [0.2, 0.25) is 0 Å². The molecule has 0 amide bonds. The minimum Gasteiger partial charge on any atom is -0.120 e. The first-order valence-corrected chi connectivity index (χ1v) is 4.00. The molecule has 0 fully saturated rings. The monoisotopic (exact) mass is 147 g/mol. The van der Waals surface area contributed by atoms with Gasteiger partial charge in [-0.2, -0.15) is 0 Å². The maximum atomic E-state index is 6.07. The van der Waals surface area contributed by atoms with Crippen molar-refractivity contribution in [1.82, 2.24) is 0 Å². The van der Waals surface area contributed by atoms with Gasteiger partial charge in [0.05, 0.1) is 0 Å². The molecule has 1 atom stereocenters. The molecule has 55 valence electrons. The van der Waals surface area contributed by atoms with Crippen molar-refractivity contribution in [2.75, 3.05) is 0 Å². The van der Waals surface area contributed by atoms with Crippen LogP contribution in [0, 0.1) is 6.42 Å². The maximum absolute atomic E-state index is 6.07. The fraction of sp³-hybridized carbons (Fsp3) is 0.875. The summed E-state index contributed by atoms with van der Waals surface area (Å²) in [6.07, 6.45) is 5.44. The molecular weight excluding hydrogens is 132 g/mol. The Labute approximate surface area is 63.6 Å². The van der Waals surface area contributed by atoms with Crippen LogP contribution < -0.4 is 0 Å². The van der Waals surface area contributed by atoms with Gasteiger partial charge in [0.2, 0.25) is 0 Å². The summed E-state index contributed by atoms with van der Waals surface area (Å²) in [7, 11) is 0. The first kappa shape index (κ1) is 9.29. The lowest BCUT2D eigenvalue weighted by Gasteiger charge is -2.18. The van der Waals surface area contributed by atoms with E-state index in [2.05, 4.69) is 27.2 Å². The molecule has 0 spiro atoms. The van der Waals surface area contributed by atoms with E-state index in [4.69, 9.17) is 11.6 Å². The molecule has 0 aliphatic heterocycles. The zero-order chi connectivity index (χ0) is 7.33. The van der Waals surface area contributed by atoms with Crippen LogP contribution >= 0.6 is 11.6 Å². The topological polar surface area (TPSA) is 0 Å². The van der Waals surface area contributed by atoms with Crippen LogP contribution in [0.4, 0.5) is 0 Å². The van der Waals surface area contributed by atoms with Gasteiger partial charge in [-0.05, 0) is 26.2 Å². The SMILES string of the molecule is CC[CH]CC(C)(Cl)CC. The summed E-state index contributed by atoms with van der Waals surface area (Å²) < 4.78 is 0. The standard InChI is InChI=1S/C8H16Cl/c1-4-6-7-8(3,9)5-2/h6H,4-5,7H2,1-3H3. The summed E-state index contributed by atoms with van der Waals surface area (Å²) in [5, 5.41) is 0. The molecule has 0 aromatic heterocycles. The molecule has 0 nitrogen and oxygen atoms in total. The number of rotatable bonds is 4. The summed E-state index contributed by atoms with van der Waals surface area (Å²) >= 11 is 6.07. The van der Waals surface area contributed by atoms with Crippen molar-refractivity contribution in [1.29, 1.82) is 0 Å². The van der Waals surface area contributed by atoms with Crippen LogP contribution in [-0.4, -0.2) is 4.87 Å². The number of unbranched alkanes of at least 4 members (excludes halogenated alkanes) is 1. The van der Waals surface area contributed by atoms with E-state index in [1.165, 1.54) is 0 Å². The molecule has 1 radical (unpaired) electrons. The lowest BCUT2D eigenvalue weighted by atomic mass is 10.0. The van der Waals surface area contributed by atoms with Gasteiger partial charge >= 0.3 is 0 Å². The highest BCUT2D eigenvalue weighted by Gasteiger charge is 2.16. The Morgan fingerprint density at radius 3 is 2.33 bits per heavy atom. The summed E-state index contributed by atoms with van der Waals surface area (Å²) in [6.45, 7) is 6.35. The molecule has 1 unspecified atom stereocenters. The van der Waals surface area contributed by atoms with Crippen molar-refractivity contribution in [3.05, 3.63) is 6.42 Å². The smallest absolute Gasteiger partial charge is 0.0418 e. The fourth-order valence-electron chi connectivity index (χ4n) is 0.590. The van der Waals surface area contributed by atoms with Gasteiger partial charge in [-0.25, -0.2) is 0 Å². The zero-order valence-corrected chi connectivity index (χ0v) is 7.33. The predicted molar refractivity (Wildman–Crippen MR) is 43.8 cm³/mol. The largest absolute Gasteiger partial charge is 0.120 e.